The number of likely N-dealkylation sites (tertiary alicyclic amines) is 1. The molecule has 0 radical (unpaired) electrons. The number of rotatable bonds is 1. The standard InChI is InChI=1S/C10H9F5N4O/c11-9(12)3-18(4-9)8(20)7-16-6-2-1-5(10(13,14)15)19(6)17-7/h5H,1-4H2. The highest BCUT2D eigenvalue weighted by atomic mass is 19.4. The van der Waals surface area contributed by atoms with Crippen LogP contribution in [0.3, 0.4) is 0 Å². The molecule has 1 aromatic heterocycles. The van der Waals surface area contributed by atoms with Crippen LogP contribution in [0.5, 0.6) is 0 Å². The Kier molecular flexibility index (Phi) is 2.58. The summed E-state index contributed by atoms with van der Waals surface area (Å²) in [5, 5.41) is 3.54. The first kappa shape index (κ1) is 13.3. The fourth-order valence-corrected chi connectivity index (χ4v) is 2.35. The van der Waals surface area contributed by atoms with Crippen molar-refractivity contribution in [2.24, 2.45) is 0 Å². The normalized spacial score (nSPS) is 24.4. The van der Waals surface area contributed by atoms with Crippen molar-refractivity contribution in [1.82, 2.24) is 19.7 Å². The Bertz CT molecular complexity index is 558. The molecule has 1 fully saturated rings. The van der Waals surface area contributed by atoms with E-state index in [0.29, 0.717) is 4.68 Å². The van der Waals surface area contributed by atoms with Crippen molar-refractivity contribution in [3.05, 3.63) is 11.6 Å². The maximum Gasteiger partial charge on any atom is 0.410 e. The van der Waals surface area contributed by atoms with Gasteiger partial charge in [0.05, 0.1) is 13.1 Å². The van der Waals surface area contributed by atoms with E-state index in [1.165, 1.54) is 0 Å². The molecule has 1 atom stereocenters. The van der Waals surface area contributed by atoms with E-state index >= 15 is 0 Å². The molecule has 2 aliphatic heterocycles. The zero-order chi connectivity index (χ0) is 14.7. The summed E-state index contributed by atoms with van der Waals surface area (Å²) < 4.78 is 64.1. The molecule has 5 nitrogen and oxygen atoms in total. The van der Waals surface area contributed by atoms with E-state index in [4.69, 9.17) is 0 Å². The molecule has 0 spiro atoms. The third-order valence-corrected chi connectivity index (χ3v) is 3.34. The molecule has 0 saturated carbocycles. The molecule has 1 amide bonds. The topological polar surface area (TPSA) is 51.0 Å². The van der Waals surface area contributed by atoms with Crippen LogP contribution in [0.1, 0.15) is 28.9 Å². The molecular weight excluding hydrogens is 287 g/mol. The van der Waals surface area contributed by atoms with Crippen LogP contribution >= 0.6 is 0 Å². The Hall–Kier alpha value is -1.74. The summed E-state index contributed by atoms with van der Waals surface area (Å²) in [5.74, 6) is -4.20. The number of hydrogen-bond acceptors (Lipinski definition) is 3. The lowest BCUT2D eigenvalue weighted by Crippen LogP contribution is -2.58. The van der Waals surface area contributed by atoms with Gasteiger partial charge in [-0.25, -0.2) is 18.4 Å². The van der Waals surface area contributed by atoms with Gasteiger partial charge in [-0.2, -0.15) is 13.2 Å². The number of halogens is 5. The van der Waals surface area contributed by atoms with Crippen LogP contribution < -0.4 is 0 Å². The zero-order valence-corrected chi connectivity index (χ0v) is 9.99. The van der Waals surface area contributed by atoms with E-state index in [1.807, 2.05) is 0 Å². The van der Waals surface area contributed by atoms with Gasteiger partial charge in [0, 0.05) is 6.42 Å². The highest BCUT2D eigenvalue weighted by molar-refractivity contribution is 5.91. The summed E-state index contributed by atoms with van der Waals surface area (Å²) in [6, 6.07) is -1.80. The Labute approximate surface area is 109 Å². The molecule has 20 heavy (non-hydrogen) atoms. The second-order valence-electron chi connectivity index (χ2n) is 4.91. The fraction of sp³-hybridized carbons (Fsp3) is 0.700. The molecule has 110 valence electrons. The van der Waals surface area contributed by atoms with Crippen molar-refractivity contribution in [2.45, 2.75) is 31.0 Å². The second kappa shape index (κ2) is 3.89. The molecule has 0 aliphatic carbocycles. The number of carbonyl (C=O) groups excluding carboxylic acids is 1. The Morgan fingerprint density at radius 1 is 1.30 bits per heavy atom. The van der Waals surface area contributed by atoms with Crippen LogP contribution in [-0.2, 0) is 6.42 Å². The van der Waals surface area contributed by atoms with Crippen LogP contribution in [0.25, 0.3) is 0 Å². The first-order valence-corrected chi connectivity index (χ1v) is 5.87. The molecule has 3 heterocycles. The van der Waals surface area contributed by atoms with Crippen LogP contribution in [0.2, 0.25) is 0 Å². The maximum atomic E-state index is 12.7. The predicted molar refractivity (Wildman–Crippen MR) is 54.3 cm³/mol. The molecule has 0 aromatic carbocycles. The van der Waals surface area contributed by atoms with Crippen molar-refractivity contribution in [2.75, 3.05) is 13.1 Å². The van der Waals surface area contributed by atoms with Crippen LogP contribution in [0.4, 0.5) is 22.0 Å². The summed E-state index contributed by atoms with van der Waals surface area (Å²) in [7, 11) is 0. The van der Waals surface area contributed by atoms with Gasteiger partial charge in [0.1, 0.15) is 11.9 Å². The van der Waals surface area contributed by atoms with Crippen molar-refractivity contribution < 1.29 is 26.7 Å². The first-order chi connectivity index (χ1) is 9.17. The number of alkyl halides is 5. The number of aromatic nitrogens is 3. The minimum Gasteiger partial charge on any atom is -0.324 e. The van der Waals surface area contributed by atoms with Gasteiger partial charge < -0.3 is 4.90 Å². The van der Waals surface area contributed by atoms with Crippen LogP contribution in [0.15, 0.2) is 0 Å². The first-order valence-electron chi connectivity index (χ1n) is 5.87. The van der Waals surface area contributed by atoms with Crippen LogP contribution in [-0.4, -0.2) is 50.8 Å². The number of aryl methyl sites for hydroxylation is 1. The van der Waals surface area contributed by atoms with E-state index in [0.717, 1.165) is 4.90 Å². The Morgan fingerprint density at radius 2 is 1.95 bits per heavy atom. The maximum absolute atomic E-state index is 12.7. The van der Waals surface area contributed by atoms with E-state index in [2.05, 4.69) is 10.1 Å². The number of carbonyl (C=O) groups is 1. The molecule has 10 heteroatoms. The van der Waals surface area contributed by atoms with Gasteiger partial charge in [-0.05, 0) is 6.42 Å². The summed E-state index contributed by atoms with van der Waals surface area (Å²) >= 11 is 0. The van der Waals surface area contributed by atoms with Gasteiger partial charge in [-0.15, -0.1) is 5.10 Å². The Morgan fingerprint density at radius 3 is 2.50 bits per heavy atom. The monoisotopic (exact) mass is 296 g/mol. The number of hydrogen-bond donors (Lipinski definition) is 0. The van der Waals surface area contributed by atoms with Crippen LogP contribution in [0, 0.1) is 0 Å². The summed E-state index contributed by atoms with van der Waals surface area (Å²) in [6.45, 7) is -1.50. The third-order valence-electron chi connectivity index (χ3n) is 3.34. The smallest absolute Gasteiger partial charge is 0.324 e. The zero-order valence-electron chi connectivity index (χ0n) is 9.99. The van der Waals surface area contributed by atoms with Gasteiger partial charge in [0.15, 0.2) is 0 Å². The van der Waals surface area contributed by atoms with Crippen molar-refractivity contribution in [3.63, 3.8) is 0 Å². The lowest BCUT2D eigenvalue weighted by molar-refractivity contribution is -0.168. The molecule has 1 saturated heterocycles. The summed E-state index contributed by atoms with van der Waals surface area (Å²) in [4.78, 5) is 16.3. The molecule has 2 aliphatic rings. The third kappa shape index (κ3) is 2.02. The number of amides is 1. The van der Waals surface area contributed by atoms with Crippen molar-refractivity contribution in [3.8, 4) is 0 Å². The van der Waals surface area contributed by atoms with Gasteiger partial charge in [0.2, 0.25) is 5.82 Å². The molecule has 3 rings (SSSR count). The van der Waals surface area contributed by atoms with Gasteiger partial charge in [0.25, 0.3) is 11.8 Å². The largest absolute Gasteiger partial charge is 0.410 e. The second-order valence-corrected chi connectivity index (χ2v) is 4.91. The Balaban J connectivity index is 1.80. The predicted octanol–water partition coefficient (Wildman–Crippen LogP) is 1.42. The summed E-state index contributed by atoms with van der Waals surface area (Å²) in [5.41, 5.74) is 0. The molecule has 0 N–H and O–H groups in total. The molecule has 0 bridgehead atoms. The van der Waals surface area contributed by atoms with E-state index < -0.39 is 43.0 Å². The number of nitrogens with zero attached hydrogens (tertiary/aromatic N) is 4. The molecule has 1 aromatic rings. The minimum absolute atomic E-state index is 0.0562. The summed E-state index contributed by atoms with van der Waals surface area (Å²) in [6.07, 6.45) is -4.58. The minimum atomic E-state index is -4.47. The lowest BCUT2D eigenvalue weighted by Gasteiger charge is -2.37. The highest BCUT2D eigenvalue weighted by Gasteiger charge is 2.49. The van der Waals surface area contributed by atoms with Gasteiger partial charge in [-0.1, -0.05) is 0 Å². The lowest BCUT2D eigenvalue weighted by atomic mass is 10.1. The van der Waals surface area contributed by atoms with Crippen molar-refractivity contribution in [1.29, 1.82) is 0 Å². The average molecular weight is 296 g/mol. The molecule has 1 unspecified atom stereocenters. The van der Waals surface area contributed by atoms with E-state index in [-0.39, 0.29) is 18.7 Å². The SMILES string of the molecule is O=C(c1nc2n(n1)C(C(F)(F)F)CC2)N1CC(F)(F)C1. The van der Waals surface area contributed by atoms with Crippen molar-refractivity contribution >= 4 is 5.91 Å². The van der Waals surface area contributed by atoms with E-state index in [1.54, 1.807) is 0 Å². The van der Waals surface area contributed by atoms with E-state index in [9.17, 15) is 26.7 Å². The van der Waals surface area contributed by atoms with Gasteiger partial charge in [-0.3, -0.25) is 4.79 Å². The highest BCUT2D eigenvalue weighted by Crippen LogP contribution is 2.38. The molecular formula is C10H9F5N4O. The fourth-order valence-electron chi connectivity index (χ4n) is 2.35. The average Bonchev–Trinajstić information content (AvgIpc) is 2.81. The quantitative estimate of drug-likeness (QED) is 0.736. The van der Waals surface area contributed by atoms with Gasteiger partial charge >= 0.3 is 6.18 Å². The number of fused-ring (bicyclic) bond motifs is 1.